The predicted molar refractivity (Wildman–Crippen MR) is 81.5 cm³/mol. The number of rotatable bonds is 4. The third-order valence-corrected chi connectivity index (χ3v) is 5.24. The minimum Gasteiger partial charge on any atom is -0.461 e. The zero-order chi connectivity index (χ0) is 13.2. The Morgan fingerprint density at radius 1 is 1.58 bits per heavy atom. The van der Waals surface area contributed by atoms with E-state index in [1.807, 2.05) is 6.07 Å². The molecule has 0 aliphatic heterocycles. The van der Waals surface area contributed by atoms with E-state index in [1.54, 1.807) is 17.6 Å². The van der Waals surface area contributed by atoms with Crippen LogP contribution in [0.2, 0.25) is 0 Å². The zero-order valence-corrected chi connectivity index (χ0v) is 13.3. The zero-order valence-electron chi connectivity index (χ0n) is 10.9. The van der Waals surface area contributed by atoms with Crippen LogP contribution in [0.25, 0.3) is 10.8 Å². The number of hydrogen-bond acceptors (Lipinski definition) is 4. The number of fused-ring (bicyclic) bond motifs is 1. The molecule has 1 unspecified atom stereocenters. The molecule has 2 heterocycles. The molecule has 1 aliphatic carbocycles. The molecule has 1 atom stereocenters. The van der Waals surface area contributed by atoms with Crippen LogP contribution in [0.5, 0.6) is 0 Å². The van der Waals surface area contributed by atoms with Gasteiger partial charge in [0.1, 0.15) is 0 Å². The van der Waals surface area contributed by atoms with Gasteiger partial charge in [0.25, 0.3) is 0 Å². The first-order valence-corrected chi connectivity index (χ1v) is 8.37. The van der Waals surface area contributed by atoms with Crippen molar-refractivity contribution in [2.75, 3.05) is 6.54 Å². The van der Waals surface area contributed by atoms with Crippen LogP contribution in [0.1, 0.15) is 42.8 Å². The van der Waals surface area contributed by atoms with Crippen LogP contribution in [0, 0.1) is 0 Å². The smallest absolute Gasteiger partial charge is 0.176 e. The van der Waals surface area contributed by atoms with Gasteiger partial charge in [-0.2, -0.15) is 0 Å². The molecule has 0 amide bonds. The molecule has 0 bridgehead atoms. The number of furan rings is 1. The lowest BCUT2D eigenvalue weighted by molar-refractivity contribution is 0.464. The van der Waals surface area contributed by atoms with Gasteiger partial charge >= 0.3 is 0 Å². The van der Waals surface area contributed by atoms with Crippen molar-refractivity contribution in [3.8, 4) is 10.8 Å². The molecule has 0 saturated carbocycles. The first-order chi connectivity index (χ1) is 9.29. The molecule has 2 aromatic rings. The van der Waals surface area contributed by atoms with E-state index in [9.17, 15) is 0 Å². The summed E-state index contributed by atoms with van der Waals surface area (Å²) in [4.78, 5) is 6.17. The topological polar surface area (TPSA) is 38.1 Å². The lowest BCUT2D eigenvalue weighted by Crippen LogP contribution is -2.24. The Kier molecular flexibility index (Phi) is 4.05. The Morgan fingerprint density at radius 2 is 2.47 bits per heavy atom. The van der Waals surface area contributed by atoms with Crippen molar-refractivity contribution in [1.29, 1.82) is 0 Å². The molecule has 1 N–H and O–H groups in total. The molecule has 0 aromatic carbocycles. The fourth-order valence-electron chi connectivity index (χ4n) is 2.48. The lowest BCUT2D eigenvalue weighted by Gasteiger charge is -2.22. The van der Waals surface area contributed by atoms with Gasteiger partial charge in [-0.25, -0.2) is 4.98 Å². The second-order valence-corrected chi connectivity index (χ2v) is 6.71. The number of nitrogens with zero attached hydrogens (tertiary/aromatic N) is 1. The molecule has 19 heavy (non-hydrogen) atoms. The normalized spacial score (nSPS) is 18.5. The number of aromatic nitrogens is 1. The number of hydrogen-bond donors (Lipinski definition) is 1. The average Bonchev–Trinajstić information content (AvgIpc) is 3.01. The van der Waals surface area contributed by atoms with Crippen molar-refractivity contribution < 1.29 is 4.42 Å². The van der Waals surface area contributed by atoms with Crippen molar-refractivity contribution >= 4 is 27.3 Å². The monoisotopic (exact) mass is 340 g/mol. The second kappa shape index (κ2) is 5.77. The van der Waals surface area contributed by atoms with E-state index in [1.165, 1.54) is 29.8 Å². The van der Waals surface area contributed by atoms with Gasteiger partial charge in [-0.1, -0.05) is 6.92 Å². The van der Waals surface area contributed by atoms with E-state index >= 15 is 0 Å². The summed E-state index contributed by atoms with van der Waals surface area (Å²) in [5, 5.41) is 4.62. The Hall–Kier alpha value is -0.650. The minimum absolute atomic E-state index is 0.476. The summed E-state index contributed by atoms with van der Waals surface area (Å²) in [5.74, 6) is 0.855. The van der Waals surface area contributed by atoms with Gasteiger partial charge in [-0.05, 0) is 54.2 Å². The maximum absolute atomic E-state index is 5.53. The number of aryl methyl sites for hydroxylation is 1. The van der Waals surface area contributed by atoms with Crippen LogP contribution in [0.15, 0.2) is 21.2 Å². The molecule has 5 heteroatoms. The van der Waals surface area contributed by atoms with Gasteiger partial charge in [0.2, 0.25) is 0 Å². The summed E-state index contributed by atoms with van der Waals surface area (Å²) in [6, 6.07) is 2.39. The highest BCUT2D eigenvalue weighted by molar-refractivity contribution is 9.10. The van der Waals surface area contributed by atoms with Crippen molar-refractivity contribution in [2.24, 2.45) is 0 Å². The molecule has 102 valence electrons. The first kappa shape index (κ1) is 13.3. The van der Waals surface area contributed by atoms with Crippen molar-refractivity contribution in [3.05, 3.63) is 27.4 Å². The Balaban J connectivity index is 1.91. The van der Waals surface area contributed by atoms with Gasteiger partial charge in [0.15, 0.2) is 10.8 Å². The van der Waals surface area contributed by atoms with Crippen LogP contribution < -0.4 is 5.32 Å². The highest BCUT2D eigenvalue weighted by atomic mass is 79.9. The fraction of sp³-hybridized carbons (Fsp3) is 0.500. The van der Waals surface area contributed by atoms with E-state index in [0.29, 0.717) is 6.04 Å². The van der Waals surface area contributed by atoms with E-state index in [-0.39, 0.29) is 0 Å². The summed E-state index contributed by atoms with van der Waals surface area (Å²) >= 11 is 5.28. The summed E-state index contributed by atoms with van der Waals surface area (Å²) in [6.07, 6.45) is 6.40. The van der Waals surface area contributed by atoms with Crippen LogP contribution in [-0.2, 0) is 6.42 Å². The number of thiazole rings is 1. The highest BCUT2D eigenvalue weighted by Crippen LogP contribution is 2.40. The molecule has 3 rings (SSSR count). The summed E-state index contributed by atoms with van der Waals surface area (Å²) in [5.41, 5.74) is 1.25. The quantitative estimate of drug-likeness (QED) is 0.887. The van der Waals surface area contributed by atoms with E-state index < -0.39 is 0 Å². The van der Waals surface area contributed by atoms with E-state index in [4.69, 9.17) is 9.40 Å². The molecule has 0 spiro atoms. The van der Waals surface area contributed by atoms with Crippen LogP contribution in [-0.4, -0.2) is 11.5 Å². The van der Waals surface area contributed by atoms with Gasteiger partial charge < -0.3 is 9.73 Å². The highest BCUT2D eigenvalue weighted by Gasteiger charge is 2.25. The number of nitrogens with one attached hydrogen (secondary N) is 1. The first-order valence-electron chi connectivity index (χ1n) is 6.76. The van der Waals surface area contributed by atoms with E-state index in [0.717, 1.165) is 28.2 Å². The molecular weight excluding hydrogens is 324 g/mol. The van der Waals surface area contributed by atoms with Crippen molar-refractivity contribution in [3.63, 3.8) is 0 Å². The Labute approximate surface area is 125 Å². The summed E-state index contributed by atoms with van der Waals surface area (Å²) < 4.78 is 6.51. The predicted octanol–water partition coefficient (Wildman–Crippen LogP) is 4.54. The van der Waals surface area contributed by atoms with Crippen molar-refractivity contribution in [1.82, 2.24) is 10.3 Å². The molecule has 0 fully saturated rings. The fourth-order valence-corrected chi connectivity index (χ4v) is 4.22. The minimum atomic E-state index is 0.476. The Bertz CT molecular complexity index is 564. The third kappa shape index (κ3) is 2.64. The van der Waals surface area contributed by atoms with Crippen molar-refractivity contribution in [2.45, 2.75) is 38.6 Å². The second-order valence-electron chi connectivity index (χ2n) is 4.83. The van der Waals surface area contributed by atoms with Crippen LogP contribution in [0.4, 0.5) is 0 Å². The van der Waals surface area contributed by atoms with Crippen LogP contribution in [0.3, 0.4) is 0 Å². The molecular formula is C14H17BrN2OS. The summed E-state index contributed by atoms with van der Waals surface area (Å²) in [6.45, 7) is 3.27. The molecule has 0 saturated heterocycles. The SMILES string of the molecule is CCCNC1CCCc2nc(-c3occc3Br)sc21. The number of halogens is 1. The molecule has 3 nitrogen and oxygen atoms in total. The maximum Gasteiger partial charge on any atom is 0.176 e. The molecule has 2 aromatic heterocycles. The maximum atomic E-state index is 5.53. The van der Waals surface area contributed by atoms with Crippen LogP contribution >= 0.6 is 27.3 Å². The lowest BCUT2D eigenvalue weighted by atomic mass is 9.98. The standard InChI is InChI=1S/C14H17BrN2OS/c1-2-7-16-10-4-3-5-11-13(10)19-14(17-11)12-9(15)6-8-18-12/h6,8,10,16H,2-5,7H2,1H3. The van der Waals surface area contributed by atoms with Gasteiger partial charge in [0, 0.05) is 10.9 Å². The van der Waals surface area contributed by atoms with E-state index in [2.05, 4.69) is 28.2 Å². The molecule has 0 radical (unpaired) electrons. The van der Waals surface area contributed by atoms with Gasteiger partial charge in [-0.15, -0.1) is 11.3 Å². The summed E-state index contributed by atoms with van der Waals surface area (Å²) in [7, 11) is 0. The third-order valence-electron chi connectivity index (χ3n) is 3.40. The van der Waals surface area contributed by atoms with Gasteiger partial charge in [-0.3, -0.25) is 0 Å². The largest absolute Gasteiger partial charge is 0.461 e. The molecule has 1 aliphatic rings. The van der Waals surface area contributed by atoms with Gasteiger partial charge in [0.05, 0.1) is 16.4 Å². The Morgan fingerprint density at radius 3 is 3.21 bits per heavy atom. The average molecular weight is 341 g/mol.